The van der Waals surface area contributed by atoms with Crippen LogP contribution in [-0.2, 0) is 13.5 Å². The van der Waals surface area contributed by atoms with Crippen molar-refractivity contribution in [1.82, 2.24) is 9.55 Å². The molecule has 5 heteroatoms. The third-order valence-corrected chi connectivity index (χ3v) is 3.97. The van der Waals surface area contributed by atoms with Crippen molar-refractivity contribution in [2.45, 2.75) is 20.3 Å². The number of benzene rings is 1. The number of methoxy groups -OCH3 is 1. The number of halogens is 1. The zero-order valence-corrected chi connectivity index (χ0v) is 13.9. The summed E-state index contributed by atoms with van der Waals surface area (Å²) in [5.41, 5.74) is 10.1. The van der Waals surface area contributed by atoms with Gasteiger partial charge in [-0.3, -0.25) is 0 Å². The van der Waals surface area contributed by atoms with Gasteiger partial charge in [0.2, 0.25) is 0 Å². The summed E-state index contributed by atoms with van der Waals surface area (Å²) in [6, 6.07) is 4.20. The Kier molecular flexibility index (Phi) is 4.50. The number of ether oxygens (including phenoxy) is 1. The zero-order chi connectivity index (χ0) is 14.9. The van der Waals surface area contributed by atoms with Gasteiger partial charge in [0.25, 0.3) is 0 Å². The maximum absolute atomic E-state index is 5.64. The summed E-state index contributed by atoms with van der Waals surface area (Å²) in [5, 5.41) is 0. The minimum atomic E-state index is 0.584. The van der Waals surface area contributed by atoms with Gasteiger partial charge in [0.05, 0.1) is 12.8 Å². The topological polar surface area (TPSA) is 53.1 Å². The molecule has 2 aromatic rings. The lowest BCUT2D eigenvalue weighted by molar-refractivity contribution is 0.415. The molecule has 2 N–H and O–H groups in total. The fourth-order valence-electron chi connectivity index (χ4n) is 2.53. The maximum atomic E-state index is 5.64. The van der Waals surface area contributed by atoms with Crippen LogP contribution < -0.4 is 10.5 Å². The van der Waals surface area contributed by atoms with E-state index < -0.39 is 0 Å². The van der Waals surface area contributed by atoms with Crippen molar-refractivity contribution in [2.75, 3.05) is 13.7 Å². The Balaban J connectivity index is 2.68. The molecular formula is C15H20BrN3O. The molecule has 0 aliphatic carbocycles. The summed E-state index contributed by atoms with van der Waals surface area (Å²) < 4.78 is 8.46. The first-order chi connectivity index (χ1) is 9.49. The molecule has 0 saturated carbocycles. The highest BCUT2D eigenvalue weighted by Crippen LogP contribution is 2.38. The minimum Gasteiger partial charge on any atom is -0.496 e. The van der Waals surface area contributed by atoms with Crippen LogP contribution in [0.25, 0.3) is 11.3 Å². The highest BCUT2D eigenvalue weighted by molar-refractivity contribution is 9.10. The van der Waals surface area contributed by atoms with E-state index in [2.05, 4.69) is 45.4 Å². The molecule has 0 spiro atoms. The first-order valence-electron chi connectivity index (χ1n) is 6.56. The minimum absolute atomic E-state index is 0.584. The van der Waals surface area contributed by atoms with Crippen LogP contribution in [0.4, 0.5) is 0 Å². The number of hydrogen-bond donors (Lipinski definition) is 1. The first kappa shape index (κ1) is 15.1. The van der Waals surface area contributed by atoms with Crippen LogP contribution in [0.2, 0.25) is 0 Å². The third kappa shape index (κ3) is 2.60. The van der Waals surface area contributed by atoms with Gasteiger partial charge in [-0.25, -0.2) is 4.98 Å². The van der Waals surface area contributed by atoms with E-state index in [1.54, 1.807) is 7.11 Å². The normalized spacial score (nSPS) is 10.9. The second kappa shape index (κ2) is 5.97. The van der Waals surface area contributed by atoms with Gasteiger partial charge in [-0.2, -0.15) is 0 Å². The molecular weight excluding hydrogens is 318 g/mol. The van der Waals surface area contributed by atoms with E-state index in [1.165, 1.54) is 11.1 Å². The monoisotopic (exact) mass is 337 g/mol. The molecule has 1 aromatic heterocycles. The number of nitrogens with two attached hydrogens (primary N) is 1. The molecule has 0 radical (unpaired) electrons. The van der Waals surface area contributed by atoms with E-state index >= 15 is 0 Å². The first-order valence-corrected chi connectivity index (χ1v) is 7.35. The fourth-order valence-corrected chi connectivity index (χ4v) is 3.19. The standard InChI is InChI=1S/C15H20BrN3O/c1-9-7-10(2)13(11(8-9)20-4)14-15(16)18-12(5-6-17)19(14)3/h7-8H,5-6,17H2,1-4H3. The maximum Gasteiger partial charge on any atom is 0.132 e. The van der Waals surface area contributed by atoms with Crippen LogP contribution in [-0.4, -0.2) is 23.2 Å². The molecule has 0 amide bonds. The molecule has 4 nitrogen and oxygen atoms in total. The van der Waals surface area contributed by atoms with Gasteiger partial charge in [-0.15, -0.1) is 0 Å². The third-order valence-electron chi connectivity index (χ3n) is 3.41. The summed E-state index contributed by atoms with van der Waals surface area (Å²) >= 11 is 3.56. The van der Waals surface area contributed by atoms with Gasteiger partial charge in [0.15, 0.2) is 0 Å². The Morgan fingerprint density at radius 2 is 2.05 bits per heavy atom. The van der Waals surface area contributed by atoms with E-state index in [9.17, 15) is 0 Å². The predicted molar refractivity (Wildman–Crippen MR) is 85.1 cm³/mol. The summed E-state index contributed by atoms with van der Waals surface area (Å²) in [7, 11) is 3.71. The van der Waals surface area contributed by atoms with Gasteiger partial charge in [-0.1, -0.05) is 6.07 Å². The Morgan fingerprint density at radius 1 is 1.35 bits per heavy atom. The molecule has 0 atom stereocenters. The average molecular weight is 338 g/mol. The van der Waals surface area contributed by atoms with Gasteiger partial charge in [-0.05, 0) is 53.5 Å². The molecule has 1 heterocycles. The van der Waals surface area contributed by atoms with Gasteiger partial charge < -0.3 is 15.0 Å². The molecule has 0 fully saturated rings. The second-order valence-electron chi connectivity index (χ2n) is 4.92. The van der Waals surface area contributed by atoms with Crippen molar-refractivity contribution in [3.8, 4) is 17.0 Å². The van der Waals surface area contributed by atoms with Gasteiger partial charge >= 0.3 is 0 Å². The van der Waals surface area contributed by atoms with E-state index in [0.717, 1.165) is 33.9 Å². The van der Waals surface area contributed by atoms with Gasteiger partial charge in [0.1, 0.15) is 16.2 Å². The van der Waals surface area contributed by atoms with E-state index in [1.807, 2.05) is 13.1 Å². The van der Waals surface area contributed by atoms with Crippen molar-refractivity contribution in [2.24, 2.45) is 12.8 Å². The molecule has 0 aliphatic rings. The Bertz CT molecular complexity index is 635. The molecule has 1 aromatic carbocycles. The molecule has 0 unspecified atom stereocenters. The van der Waals surface area contributed by atoms with E-state index in [-0.39, 0.29) is 0 Å². The van der Waals surface area contributed by atoms with Crippen LogP contribution in [0, 0.1) is 13.8 Å². The van der Waals surface area contributed by atoms with Gasteiger partial charge in [0, 0.05) is 19.0 Å². The number of rotatable bonds is 4. The quantitative estimate of drug-likeness (QED) is 0.932. The summed E-state index contributed by atoms with van der Waals surface area (Å²) in [6.45, 7) is 4.74. The smallest absolute Gasteiger partial charge is 0.132 e. The lowest BCUT2D eigenvalue weighted by Gasteiger charge is -2.14. The van der Waals surface area contributed by atoms with Crippen molar-refractivity contribution in [1.29, 1.82) is 0 Å². The van der Waals surface area contributed by atoms with Crippen molar-refractivity contribution < 1.29 is 4.74 Å². The molecule has 108 valence electrons. The molecule has 20 heavy (non-hydrogen) atoms. The van der Waals surface area contributed by atoms with Crippen LogP contribution in [0.15, 0.2) is 16.7 Å². The van der Waals surface area contributed by atoms with Crippen LogP contribution in [0.5, 0.6) is 5.75 Å². The van der Waals surface area contributed by atoms with Crippen molar-refractivity contribution in [3.63, 3.8) is 0 Å². The number of aromatic nitrogens is 2. The summed E-state index contributed by atoms with van der Waals surface area (Å²) in [6.07, 6.45) is 0.752. The number of aryl methyl sites for hydroxylation is 2. The lowest BCUT2D eigenvalue weighted by Crippen LogP contribution is -2.08. The highest BCUT2D eigenvalue weighted by Gasteiger charge is 2.19. The Hall–Kier alpha value is -1.33. The van der Waals surface area contributed by atoms with Crippen LogP contribution >= 0.6 is 15.9 Å². The number of imidazole rings is 1. The largest absolute Gasteiger partial charge is 0.496 e. The SMILES string of the molecule is COc1cc(C)cc(C)c1-c1c(Br)nc(CCN)n1C. The molecule has 0 saturated heterocycles. The highest BCUT2D eigenvalue weighted by atomic mass is 79.9. The molecule has 0 bridgehead atoms. The second-order valence-corrected chi connectivity index (χ2v) is 5.68. The van der Waals surface area contributed by atoms with E-state index in [0.29, 0.717) is 6.54 Å². The summed E-state index contributed by atoms with van der Waals surface area (Å²) in [4.78, 5) is 4.56. The summed E-state index contributed by atoms with van der Waals surface area (Å²) in [5.74, 6) is 1.84. The molecule has 0 aliphatic heterocycles. The van der Waals surface area contributed by atoms with E-state index in [4.69, 9.17) is 10.5 Å². The lowest BCUT2D eigenvalue weighted by atomic mass is 10.0. The Morgan fingerprint density at radius 3 is 2.65 bits per heavy atom. The fraction of sp³-hybridized carbons (Fsp3) is 0.400. The number of hydrogen-bond acceptors (Lipinski definition) is 3. The molecule has 2 rings (SSSR count). The van der Waals surface area contributed by atoms with Crippen LogP contribution in [0.3, 0.4) is 0 Å². The van der Waals surface area contributed by atoms with Crippen LogP contribution in [0.1, 0.15) is 17.0 Å². The average Bonchev–Trinajstić information content (AvgIpc) is 2.65. The predicted octanol–water partition coefficient (Wildman–Crippen LogP) is 2.98. The Labute approximate surface area is 128 Å². The van der Waals surface area contributed by atoms with Crippen molar-refractivity contribution in [3.05, 3.63) is 33.7 Å². The number of nitrogens with zero attached hydrogens (tertiary/aromatic N) is 2. The van der Waals surface area contributed by atoms with Crippen molar-refractivity contribution >= 4 is 15.9 Å². The zero-order valence-electron chi connectivity index (χ0n) is 12.3.